The molecule has 24 heavy (non-hydrogen) atoms. The van der Waals surface area contributed by atoms with E-state index < -0.39 is 17.5 Å². The molecule has 0 nitrogen and oxygen atoms in total. The van der Waals surface area contributed by atoms with Gasteiger partial charge in [-0.25, -0.2) is 13.2 Å². The number of hydrogen-bond acceptors (Lipinski definition) is 0. The van der Waals surface area contributed by atoms with Crippen LogP contribution in [0, 0.1) is 5.82 Å². The Kier molecular flexibility index (Phi) is 6.65. The van der Waals surface area contributed by atoms with E-state index in [9.17, 15) is 13.2 Å². The molecule has 2 aromatic rings. The molecule has 2 aromatic carbocycles. The molecule has 0 heterocycles. The number of benzene rings is 2. The van der Waals surface area contributed by atoms with Crippen molar-refractivity contribution >= 4 is 5.83 Å². The number of unbranched alkanes of at least 4 members (excludes halogenated alkanes) is 1. The van der Waals surface area contributed by atoms with Crippen molar-refractivity contribution in [3.05, 3.63) is 65.2 Å². The van der Waals surface area contributed by atoms with Crippen molar-refractivity contribution < 1.29 is 13.2 Å². The summed E-state index contributed by atoms with van der Waals surface area (Å²) in [4.78, 5) is 0. The zero-order valence-corrected chi connectivity index (χ0v) is 14.2. The second kappa shape index (κ2) is 8.72. The zero-order chi connectivity index (χ0) is 17.5. The van der Waals surface area contributed by atoms with Crippen molar-refractivity contribution in [3.63, 3.8) is 0 Å². The van der Waals surface area contributed by atoms with Crippen LogP contribution in [-0.4, -0.2) is 0 Å². The highest BCUT2D eigenvalue weighted by Crippen LogP contribution is 2.30. The second-order valence-electron chi connectivity index (χ2n) is 5.96. The van der Waals surface area contributed by atoms with Gasteiger partial charge >= 0.3 is 0 Å². The van der Waals surface area contributed by atoms with E-state index in [1.54, 1.807) is 0 Å². The van der Waals surface area contributed by atoms with Crippen LogP contribution in [0.15, 0.2) is 48.3 Å². The Morgan fingerprint density at radius 1 is 0.917 bits per heavy atom. The maximum absolute atomic E-state index is 14.3. The molecule has 0 spiro atoms. The van der Waals surface area contributed by atoms with E-state index in [1.807, 2.05) is 31.2 Å². The zero-order valence-electron chi connectivity index (χ0n) is 14.2. The molecule has 0 aromatic heterocycles. The summed E-state index contributed by atoms with van der Waals surface area (Å²) in [6.07, 6.45) is 3.43. The van der Waals surface area contributed by atoms with Crippen molar-refractivity contribution in [1.82, 2.24) is 0 Å². The monoisotopic (exact) mass is 332 g/mol. The summed E-state index contributed by atoms with van der Waals surface area (Å²) >= 11 is 0. The van der Waals surface area contributed by atoms with Gasteiger partial charge in [-0.3, -0.25) is 0 Å². The Labute approximate surface area is 142 Å². The third-order valence-corrected chi connectivity index (χ3v) is 4.01. The van der Waals surface area contributed by atoms with Crippen LogP contribution < -0.4 is 0 Å². The van der Waals surface area contributed by atoms with Crippen LogP contribution in [0.3, 0.4) is 0 Å². The molecular weight excluding hydrogens is 309 g/mol. The third-order valence-electron chi connectivity index (χ3n) is 4.01. The summed E-state index contributed by atoms with van der Waals surface area (Å²) in [6, 6.07) is 11.7. The molecule has 0 aliphatic rings. The maximum atomic E-state index is 14.3. The molecule has 0 amide bonds. The fourth-order valence-electron chi connectivity index (χ4n) is 2.62. The lowest BCUT2D eigenvalue weighted by atomic mass is 10.00. The van der Waals surface area contributed by atoms with Crippen molar-refractivity contribution in [1.29, 1.82) is 0 Å². The predicted octanol–water partition coefficient (Wildman–Crippen LogP) is 7.24. The lowest BCUT2D eigenvalue weighted by molar-refractivity contribution is 0.548. The SMILES string of the molecule is CCCCC(F)=C(F)c1ccc(-c2ccc(CCC)cc2)c(F)c1. The van der Waals surface area contributed by atoms with Crippen molar-refractivity contribution in [2.75, 3.05) is 0 Å². The molecule has 128 valence electrons. The van der Waals surface area contributed by atoms with Crippen LogP contribution in [0.1, 0.15) is 50.7 Å². The largest absolute Gasteiger partial charge is 0.209 e. The molecule has 0 fully saturated rings. The quantitative estimate of drug-likeness (QED) is 0.501. The van der Waals surface area contributed by atoms with Gasteiger partial charge in [0.1, 0.15) is 11.6 Å². The third kappa shape index (κ3) is 4.50. The molecule has 0 atom stereocenters. The van der Waals surface area contributed by atoms with Gasteiger partial charge in [-0.1, -0.05) is 63.1 Å². The number of allylic oxidation sites excluding steroid dienone is 1. The number of hydrogen-bond donors (Lipinski definition) is 0. The van der Waals surface area contributed by atoms with Crippen LogP contribution in [0.25, 0.3) is 17.0 Å². The Hall–Kier alpha value is -2.03. The van der Waals surface area contributed by atoms with Gasteiger partial charge in [-0.15, -0.1) is 0 Å². The van der Waals surface area contributed by atoms with Crippen molar-refractivity contribution in [2.45, 2.75) is 46.0 Å². The fourth-order valence-corrected chi connectivity index (χ4v) is 2.62. The summed E-state index contributed by atoms with van der Waals surface area (Å²) < 4.78 is 42.1. The molecule has 0 aliphatic heterocycles. The van der Waals surface area contributed by atoms with Gasteiger partial charge < -0.3 is 0 Å². The number of halogens is 3. The van der Waals surface area contributed by atoms with Gasteiger partial charge in [0.25, 0.3) is 0 Å². The molecule has 0 saturated carbocycles. The van der Waals surface area contributed by atoms with Gasteiger partial charge in [0.15, 0.2) is 5.83 Å². The van der Waals surface area contributed by atoms with Crippen LogP contribution in [0.2, 0.25) is 0 Å². The highest BCUT2D eigenvalue weighted by Gasteiger charge is 2.12. The van der Waals surface area contributed by atoms with Crippen molar-refractivity contribution in [2.24, 2.45) is 0 Å². The van der Waals surface area contributed by atoms with Gasteiger partial charge in [0.2, 0.25) is 0 Å². The van der Waals surface area contributed by atoms with Gasteiger partial charge in [-0.05, 0) is 30.0 Å². The van der Waals surface area contributed by atoms with Crippen LogP contribution >= 0.6 is 0 Å². The van der Waals surface area contributed by atoms with E-state index >= 15 is 0 Å². The lowest BCUT2D eigenvalue weighted by Crippen LogP contribution is -1.90. The summed E-state index contributed by atoms with van der Waals surface area (Å²) in [7, 11) is 0. The highest BCUT2D eigenvalue weighted by molar-refractivity contribution is 5.69. The average molecular weight is 332 g/mol. The first-order valence-electron chi connectivity index (χ1n) is 8.50. The van der Waals surface area contributed by atoms with E-state index in [-0.39, 0.29) is 12.0 Å². The first-order valence-corrected chi connectivity index (χ1v) is 8.50. The number of aryl methyl sites for hydroxylation is 1. The highest BCUT2D eigenvalue weighted by atomic mass is 19.2. The molecule has 0 unspecified atom stereocenters. The maximum Gasteiger partial charge on any atom is 0.161 e. The minimum absolute atomic E-state index is 0.0462. The van der Waals surface area contributed by atoms with E-state index in [0.717, 1.165) is 30.9 Å². The van der Waals surface area contributed by atoms with Crippen molar-refractivity contribution in [3.8, 4) is 11.1 Å². The van der Waals surface area contributed by atoms with E-state index in [4.69, 9.17) is 0 Å². The van der Waals surface area contributed by atoms with E-state index in [0.29, 0.717) is 12.0 Å². The molecule has 0 saturated heterocycles. The second-order valence-corrected chi connectivity index (χ2v) is 5.96. The van der Waals surface area contributed by atoms with Gasteiger partial charge in [0.05, 0.1) is 0 Å². The summed E-state index contributed by atoms with van der Waals surface area (Å²) in [5.41, 5.74) is 2.27. The summed E-state index contributed by atoms with van der Waals surface area (Å²) in [6.45, 7) is 4.01. The standard InChI is InChI=1S/C21H23F3/c1-3-5-7-19(22)21(24)17-12-13-18(20(23)14-17)16-10-8-15(6-4-2)9-11-16/h8-14H,3-7H2,1-2H3. The fraction of sp³-hybridized carbons (Fsp3) is 0.333. The van der Waals surface area contributed by atoms with E-state index in [1.165, 1.54) is 17.7 Å². The number of rotatable bonds is 7. The minimum Gasteiger partial charge on any atom is -0.209 e. The molecular formula is C21H23F3. The smallest absolute Gasteiger partial charge is 0.161 e. The molecule has 0 aliphatic carbocycles. The first-order chi connectivity index (χ1) is 11.6. The Morgan fingerprint density at radius 2 is 1.62 bits per heavy atom. The van der Waals surface area contributed by atoms with Gasteiger partial charge in [-0.2, -0.15) is 0 Å². The average Bonchev–Trinajstić information content (AvgIpc) is 2.60. The van der Waals surface area contributed by atoms with Crippen LogP contribution in [-0.2, 0) is 6.42 Å². The summed E-state index contributed by atoms with van der Waals surface area (Å²) in [5.74, 6) is -2.32. The predicted molar refractivity (Wildman–Crippen MR) is 94.5 cm³/mol. The molecule has 0 bridgehead atoms. The van der Waals surface area contributed by atoms with E-state index in [2.05, 4.69) is 6.92 Å². The topological polar surface area (TPSA) is 0 Å². The molecule has 3 heteroatoms. The minimum atomic E-state index is -0.966. The summed E-state index contributed by atoms with van der Waals surface area (Å²) in [5, 5.41) is 0. The Balaban J connectivity index is 2.26. The van der Waals surface area contributed by atoms with Crippen LogP contribution in [0.5, 0.6) is 0 Å². The Morgan fingerprint density at radius 3 is 2.21 bits per heavy atom. The Bertz CT molecular complexity index is 700. The van der Waals surface area contributed by atoms with Gasteiger partial charge in [0, 0.05) is 17.5 Å². The van der Waals surface area contributed by atoms with Crippen LogP contribution in [0.4, 0.5) is 13.2 Å². The lowest BCUT2D eigenvalue weighted by Gasteiger charge is -2.08. The first kappa shape index (κ1) is 18.3. The molecule has 0 radical (unpaired) electrons. The normalized spacial score (nSPS) is 12.2. The molecule has 2 rings (SSSR count). The molecule has 0 N–H and O–H groups in total.